The number of hydrogen-bond acceptors (Lipinski definition) is 6. The summed E-state index contributed by atoms with van der Waals surface area (Å²) in [7, 11) is 0. The molecule has 4 rings (SSSR count). The zero-order valence-corrected chi connectivity index (χ0v) is 20.8. The Hall–Kier alpha value is -3.52. The van der Waals surface area contributed by atoms with Gasteiger partial charge in [0, 0.05) is 17.0 Å². The summed E-state index contributed by atoms with van der Waals surface area (Å²) in [5.41, 5.74) is 2.75. The lowest BCUT2D eigenvalue weighted by Crippen LogP contribution is -2.41. The van der Waals surface area contributed by atoms with Crippen LogP contribution < -0.4 is 10.6 Å². The summed E-state index contributed by atoms with van der Waals surface area (Å²) in [6.07, 6.45) is 1.45. The highest BCUT2D eigenvalue weighted by molar-refractivity contribution is 6.04. The molecule has 2 amide bonds. The van der Waals surface area contributed by atoms with E-state index in [0.29, 0.717) is 29.5 Å². The number of aryl methyl sites for hydroxylation is 1. The van der Waals surface area contributed by atoms with E-state index in [1.807, 2.05) is 58.0 Å². The van der Waals surface area contributed by atoms with Gasteiger partial charge < -0.3 is 15.2 Å². The number of carbonyl (C=O) groups excluding carboxylic acids is 2. The van der Waals surface area contributed by atoms with E-state index >= 15 is 0 Å². The highest BCUT2D eigenvalue weighted by Crippen LogP contribution is 2.23. The quantitative estimate of drug-likeness (QED) is 0.547. The molecular weight excluding hydrogens is 442 g/mol. The molecule has 0 radical (unpaired) electrons. The maximum absolute atomic E-state index is 13.0. The highest BCUT2D eigenvalue weighted by atomic mass is 16.5. The molecule has 0 bridgehead atoms. The number of para-hydroxylation sites is 1. The molecule has 0 spiro atoms. The Morgan fingerprint density at radius 1 is 1.06 bits per heavy atom. The van der Waals surface area contributed by atoms with Crippen LogP contribution in [0.25, 0.3) is 11.4 Å². The Balaban J connectivity index is 1.31. The Morgan fingerprint density at radius 3 is 2.43 bits per heavy atom. The second-order valence-electron chi connectivity index (χ2n) is 10.2. The smallest absolute Gasteiger partial charge is 0.253 e. The number of carbonyl (C=O) groups is 2. The van der Waals surface area contributed by atoms with Gasteiger partial charge in [0.1, 0.15) is 0 Å². The number of aromatic nitrogens is 2. The van der Waals surface area contributed by atoms with E-state index in [1.165, 1.54) is 5.56 Å². The van der Waals surface area contributed by atoms with Crippen molar-refractivity contribution in [3.63, 3.8) is 0 Å². The lowest BCUT2D eigenvalue weighted by molar-refractivity contribution is -0.121. The maximum atomic E-state index is 13.0. The van der Waals surface area contributed by atoms with Gasteiger partial charge in [0.15, 0.2) is 0 Å². The van der Waals surface area contributed by atoms with E-state index < -0.39 is 0 Å². The predicted octanol–water partition coefficient (Wildman–Crippen LogP) is 4.42. The van der Waals surface area contributed by atoms with Crippen molar-refractivity contribution in [2.45, 2.75) is 52.6 Å². The van der Waals surface area contributed by atoms with Gasteiger partial charge in [-0.25, -0.2) is 0 Å². The van der Waals surface area contributed by atoms with Gasteiger partial charge in [-0.05, 0) is 65.8 Å². The SMILES string of the molecule is Cc1ccc(-c2noc(CN3CCC(C(=O)Nc4ccccc4C(=O)NC(C)(C)C)CC3)n2)cc1. The fraction of sp³-hybridized carbons (Fsp3) is 0.407. The van der Waals surface area contributed by atoms with E-state index in [-0.39, 0.29) is 23.3 Å². The van der Waals surface area contributed by atoms with E-state index in [0.717, 1.165) is 31.5 Å². The molecule has 3 aromatic rings. The van der Waals surface area contributed by atoms with Gasteiger partial charge in [0.05, 0.1) is 17.8 Å². The van der Waals surface area contributed by atoms with Crippen LogP contribution >= 0.6 is 0 Å². The standard InChI is InChI=1S/C27H33N5O3/c1-18-9-11-19(12-10-18)24-29-23(35-31-24)17-32-15-13-20(14-16-32)25(33)28-22-8-6-5-7-21(22)26(34)30-27(2,3)4/h5-12,20H,13-17H2,1-4H3,(H,28,33)(H,30,34). The molecule has 1 aliphatic rings. The summed E-state index contributed by atoms with van der Waals surface area (Å²) in [6, 6.07) is 15.1. The molecule has 1 aromatic heterocycles. The van der Waals surface area contributed by atoms with Crippen molar-refractivity contribution in [1.29, 1.82) is 0 Å². The van der Waals surface area contributed by atoms with Crippen molar-refractivity contribution < 1.29 is 14.1 Å². The van der Waals surface area contributed by atoms with Crippen LogP contribution in [0.2, 0.25) is 0 Å². The largest absolute Gasteiger partial charge is 0.347 e. The molecule has 2 heterocycles. The molecule has 1 aliphatic heterocycles. The number of piperidine rings is 1. The van der Waals surface area contributed by atoms with Crippen LogP contribution in [0.15, 0.2) is 53.1 Å². The number of anilines is 1. The fourth-order valence-electron chi connectivity index (χ4n) is 4.12. The molecular formula is C27H33N5O3. The third-order valence-electron chi connectivity index (χ3n) is 6.01. The average Bonchev–Trinajstić information content (AvgIpc) is 3.27. The molecule has 8 heteroatoms. The van der Waals surface area contributed by atoms with E-state index in [9.17, 15) is 9.59 Å². The van der Waals surface area contributed by atoms with Gasteiger partial charge in [0.25, 0.3) is 5.91 Å². The molecule has 0 saturated carbocycles. The molecule has 1 saturated heterocycles. The number of likely N-dealkylation sites (tertiary alicyclic amines) is 1. The van der Waals surface area contributed by atoms with Crippen molar-refractivity contribution in [3.8, 4) is 11.4 Å². The lowest BCUT2D eigenvalue weighted by Gasteiger charge is -2.30. The topological polar surface area (TPSA) is 100 Å². The van der Waals surface area contributed by atoms with Crippen LogP contribution in [0.5, 0.6) is 0 Å². The van der Waals surface area contributed by atoms with Gasteiger partial charge in [-0.2, -0.15) is 4.98 Å². The molecule has 2 aromatic carbocycles. The minimum Gasteiger partial charge on any atom is -0.347 e. The van der Waals surface area contributed by atoms with Crippen LogP contribution in [0.1, 0.15) is 55.4 Å². The first-order valence-corrected chi connectivity index (χ1v) is 12.0. The second-order valence-corrected chi connectivity index (χ2v) is 10.2. The summed E-state index contributed by atoms with van der Waals surface area (Å²) in [6.45, 7) is 9.90. The first-order chi connectivity index (χ1) is 16.7. The van der Waals surface area contributed by atoms with Crippen molar-refractivity contribution >= 4 is 17.5 Å². The highest BCUT2D eigenvalue weighted by Gasteiger charge is 2.27. The van der Waals surface area contributed by atoms with Crippen molar-refractivity contribution in [2.75, 3.05) is 18.4 Å². The molecule has 0 unspecified atom stereocenters. The molecule has 0 aliphatic carbocycles. The third-order valence-corrected chi connectivity index (χ3v) is 6.01. The molecule has 0 atom stereocenters. The number of nitrogens with one attached hydrogen (secondary N) is 2. The van der Waals surface area contributed by atoms with Gasteiger partial charge in [-0.15, -0.1) is 0 Å². The predicted molar refractivity (Wildman–Crippen MR) is 135 cm³/mol. The minimum absolute atomic E-state index is 0.0555. The molecule has 2 N–H and O–H groups in total. The Bertz CT molecular complexity index is 1170. The second kappa shape index (κ2) is 10.4. The normalized spacial score (nSPS) is 15.1. The van der Waals surface area contributed by atoms with E-state index in [2.05, 4.69) is 25.7 Å². The summed E-state index contributed by atoms with van der Waals surface area (Å²) >= 11 is 0. The first kappa shape index (κ1) is 24.6. The maximum Gasteiger partial charge on any atom is 0.253 e. The van der Waals surface area contributed by atoms with Crippen LogP contribution in [0.3, 0.4) is 0 Å². The summed E-state index contributed by atoms with van der Waals surface area (Å²) in [5, 5.41) is 10.0. The van der Waals surface area contributed by atoms with Crippen molar-refractivity contribution in [1.82, 2.24) is 20.4 Å². The van der Waals surface area contributed by atoms with Crippen LogP contribution in [0.4, 0.5) is 5.69 Å². The third kappa shape index (κ3) is 6.54. The molecule has 8 nitrogen and oxygen atoms in total. The minimum atomic E-state index is -0.361. The van der Waals surface area contributed by atoms with Crippen molar-refractivity contribution in [2.24, 2.45) is 5.92 Å². The monoisotopic (exact) mass is 475 g/mol. The van der Waals surface area contributed by atoms with Gasteiger partial charge >= 0.3 is 0 Å². The Morgan fingerprint density at radius 2 is 1.74 bits per heavy atom. The van der Waals surface area contributed by atoms with Crippen LogP contribution in [-0.2, 0) is 11.3 Å². The summed E-state index contributed by atoms with van der Waals surface area (Å²) < 4.78 is 5.46. The Kier molecular flexibility index (Phi) is 7.31. The first-order valence-electron chi connectivity index (χ1n) is 12.0. The van der Waals surface area contributed by atoms with Crippen molar-refractivity contribution in [3.05, 3.63) is 65.5 Å². The number of nitrogens with zero attached hydrogens (tertiary/aromatic N) is 3. The van der Waals surface area contributed by atoms with Gasteiger partial charge in [-0.1, -0.05) is 47.1 Å². The summed E-state index contributed by atoms with van der Waals surface area (Å²) in [5.74, 6) is 0.786. The van der Waals surface area contributed by atoms with Gasteiger partial charge in [0.2, 0.25) is 17.6 Å². The fourth-order valence-corrected chi connectivity index (χ4v) is 4.12. The zero-order valence-electron chi connectivity index (χ0n) is 20.8. The average molecular weight is 476 g/mol. The molecule has 184 valence electrons. The molecule has 35 heavy (non-hydrogen) atoms. The lowest BCUT2D eigenvalue weighted by atomic mass is 9.95. The summed E-state index contributed by atoms with van der Waals surface area (Å²) in [4.78, 5) is 32.4. The zero-order chi connectivity index (χ0) is 25.0. The van der Waals surface area contributed by atoms with Gasteiger partial charge in [-0.3, -0.25) is 14.5 Å². The Labute approximate surface area is 206 Å². The molecule has 1 fully saturated rings. The number of benzene rings is 2. The van der Waals surface area contributed by atoms with E-state index in [1.54, 1.807) is 18.2 Å². The number of hydrogen-bond donors (Lipinski definition) is 2. The van der Waals surface area contributed by atoms with Crippen LogP contribution in [-0.4, -0.2) is 45.5 Å². The van der Waals surface area contributed by atoms with Crippen LogP contribution in [0, 0.1) is 12.8 Å². The van der Waals surface area contributed by atoms with E-state index in [4.69, 9.17) is 4.52 Å². The number of amides is 2. The number of rotatable bonds is 6.